The predicted octanol–water partition coefficient (Wildman–Crippen LogP) is 3.18. The summed E-state index contributed by atoms with van der Waals surface area (Å²) in [5, 5.41) is 1.26. The van der Waals surface area contributed by atoms with Crippen LogP contribution in [-0.4, -0.2) is 23.2 Å². The summed E-state index contributed by atoms with van der Waals surface area (Å²) in [4.78, 5) is 16.0. The van der Waals surface area contributed by atoms with Gasteiger partial charge in [-0.3, -0.25) is 9.80 Å². The summed E-state index contributed by atoms with van der Waals surface area (Å²) in [5.74, 6) is 5.41. The molecule has 1 rings (SSSR count). The van der Waals surface area contributed by atoms with Gasteiger partial charge in [-0.05, 0) is 19.1 Å². The van der Waals surface area contributed by atoms with Gasteiger partial charge in [-0.15, -0.1) is 6.58 Å². The second-order valence-corrected chi connectivity index (χ2v) is 4.45. The number of aliphatic imine (C=N–C) groups is 1. The van der Waals surface area contributed by atoms with Gasteiger partial charge in [0.2, 0.25) is 5.78 Å². The average Bonchev–Trinajstić information content (AvgIpc) is 2.45. The molecule has 4 nitrogen and oxygen atoms in total. The maximum atomic E-state index is 12.5. The number of nitrogens with two attached hydrogens (primary N) is 1. The molecule has 0 fully saturated rings. The van der Waals surface area contributed by atoms with Crippen LogP contribution in [0.4, 0.5) is 13.2 Å². The van der Waals surface area contributed by atoms with Crippen LogP contribution in [-0.2, 0) is 6.18 Å². The number of benzene rings is 1. The van der Waals surface area contributed by atoms with Crippen molar-refractivity contribution in [2.24, 2.45) is 10.8 Å². The largest absolute Gasteiger partial charge is 0.416 e. The van der Waals surface area contributed by atoms with E-state index in [9.17, 15) is 18.0 Å². The van der Waals surface area contributed by atoms with Crippen molar-refractivity contribution in [2.75, 3.05) is 6.54 Å². The Labute approximate surface area is 126 Å². The number of nitrogens with zero attached hydrogens (tertiary/aromatic N) is 2. The Morgan fingerprint density at radius 2 is 1.91 bits per heavy atom. The molecule has 0 aromatic heterocycles. The molecule has 0 spiro atoms. The van der Waals surface area contributed by atoms with E-state index in [0.29, 0.717) is 12.4 Å². The van der Waals surface area contributed by atoms with Crippen LogP contribution in [0.5, 0.6) is 0 Å². The van der Waals surface area contributed by atoms with Crippen molar-refractivity contribution in [1.29, 1.82) is 0 Å². The summed E-state index contributed by atoms with van der Waals surface area (Å²) in [6.07, 6.45) is -2.89. The first-order valence-electron chi connectivity index (χ1n) is 6.26. The van der Waals surface area contributed by atoms with Gasteiger partial charge in [-0.1, -0.05) is 24.8 Å². The van der Waals surface area contributed by atoms with Gasteiger partial charge < -0.3 is 0 Å². The Morgan fingerprint density at radius 3 is 2.36 bits per heavy atom. The van der Waals surface area contributed by atoms with E-state index < -0.39 is 17.5 Å². The molecule has 0 saturated heterocycles. The summed E-state index contributed by atoms with van der Waals surface area (Å²) in [5.41, 5.74) is -0.868. The highest BCUT2D eigenvalue weighted by Crippen LogP contribution is 2.29. The number of ketones is 1. The van der Waals surface area contributed by atoms with Crippen LogP contribution in [0, 0.1) is 0 Å². The van der Waals surface area contributed by atoms with Crippen molar-refractivity contribution in [1.82, 2.24) is 5.01 Å². The van der Waals surface area contributed by atoms with Gasteiger partial charge >= 0.3 is 6.18 Å². The van der Waals surface area contributed by atoms with Crippen LogP contribution < -0.4 is 5.84 Å². The molecule has 7 heteroatoms. The molecule has 0 amide bonds. The van der Waals surface area contributed by atoms with Crippen LogP contribution >= 0.6 is 0 Å². The first-order valence-corrected chi connectivity index (χ1v) is 6.26. The topological polar surface area (TPSA) is 58.7 Å². The Hall–Kier alpha value is -2.41. The van der Waals surface area contributed by atoms with Crippen LogP contribution in [0.15, 0.2) is 54.2 Å². The number of amidine groups is 1. The zero-order valence-electron chi connectivity index (χ0n) is 12.0. The van der Waals surface area contributed by atoms with E-state index in [1.807, 2.05) is 0 Å². The quantitative estimate of drug-likeness (QED) is 0.173. The number of carbonyl (C=O) groups excluding carboxylic acids is 1. The third-order valence-electron chi connectivity index (χ3n) is 2.77. The fourth-order valence-electron chi connectivity index (χ4n) is 1.56. The first kappa shape index (κ1) is 17.6. The van der Waals surface area contributed by atoms with Crippen molar-refractivity contribution in [2.45, 2.75) is 13.1 Å². The number of rotatable bonds is 5. The lowest BCUT2D eigenvalue weighted by Gasteiger charge is -2.15. The molecule has 2 N–H and O–H groups in total. The van der Waals surface area contributed by atoms with Crippen molar-refractivity contribution in [3.63, 3.8) is 0 Å². The molecule has 0 radical (unpaired) electrons. The third kappa shape index (κ3) is 4.56. The minimum Gasteiger partial charge on any atom is -0.295 e. The molecule has 0 aliphatic rings. The molecule has 22 heavy (non-hydrogen) atoms. The van der Waals surface area contributed by atoms with Crippen molar-refractivity contribution in [3.8, 4) is 0 Å². The molecule has 0 unspecified atom stereocenters. The summed E-state index contributed by atoms with van der Waals surface area (Å²) in [6, 6.07) is 3.85. The summed E-state index contributed by atoms with van der Waals surface area (Å²) < 4.78 is 37.4. The standard InChI is InChI=1S/C15H16F3N3O/c1-4-9-21(19)11(3)20-10(2)14(22)12-5-7-13(8-6-12)15(16,17)18/h4-8H,1-2,9,19H2,3H3. The highest BCUT2D eigenvalue weighted by molar-refractivity contribution is 6.09. The molecule has 1 aromatic rings. The maximum absolute atomic E-state index is 12.5. The second kappa shape index (κ2) is 7.04. The highest BCUT2D eigenvalue weighted by Gasteiger charge is 2.30. The Bertz CT molecular complexity index is 603. The van der Waals surface area contributed by atoms with Crippen molar-refractivity contribution >= 4 is 11.6 Å². The Kier molecular flexibility index (Phi) is 5.64. The molecular formula is C15H16F3N3O. The smallest absolute Gasteiger partial charge is 0.295 e. The van der Waals surface area contributed by atoms with E-state index in [2.05, 4.69) is 18.2 Å². The van der Waals surface area contributed by atoms with E-state index in [-0.39, 0.29) is 11.3 Å². The van der Waals surface area contributed by atoms with E-state index in [1.165, 1.54) is 5.01 Å². The predicted molar refractivity (Wildman–Crippen MR) is 79.1 cm³/mol. The number of Topliss-reactive ketones (excluding diaryl/α,β-unsaturated/α-hetero) is 1. The molecule has 0 saturated carbocycles. The van der Waals surface area contributed by atoms with E-state index in [1.54, 1.807) is 13.0 Å². The number of carbonyl (C=O) groups is 1. The summed E-state index contributed by atoms with van der Waals surface area (Å²) in [7, 11) is 0. The van der Waals surface area contributed by atoms with Crippen molar-refractivity contribution in [3.05, 3.63) is 60.3 Å². The summed E-state index contributed by atoms with van der Waals surface area (Å²) in [6.45, 7) is 8.94. The van der Waals surface area contributed by atoms with E-state index >= 15 is 0 Å². The fourth-order valence-corrected chi connectivity index (χ4v) is 1.56. The highest BCUT2D eigenvalue weighted by atomic mass is 19.4. The van der Waals surface area contributed by atoms with Gasteiger partial charge in [0.1, 0.15) is 11.5 Å². The zero-order valence-corrected chi connectivity index (χ0v) is 12.0. The molecule has 0 bridgehead atoms. The third-order valence-corrected chi connectivity index (χ3v) is 2.77. The average molecular weight is 311 g/mol. The molecule has 0 atom stereocenters. The van der Waals surface area contributed by atoms with Gasteiger partial charge in [0.15, 0.2) is 0 Å². The first-order chi connectivity index (χ1) is 10.2. The Morgan fingerprint density at radius 1 is 1.36 bits per heavy atom. The van der Waals surface area contributed by atoms with Crippen molar-refractivity contribution < 1.29 is 18.0 Å². The van der Waals surface area contributed by atoms with Crippen LogP contribution in [0.2, 0.25) is 0 Å². The van der Waals surface area contributed by atoms with E-state index in [4.69, 9.17) is 5.84 Å². The lowest BCUT2D eigenvalue weighted by Crippen LogP contribution is -2.35. The van der Waals surface area contributed by atoms with Gasteiger partial charge in [-0.25, -0.2) is 10.8 Å². The number of hydrogen-bond acceptors (Lipinski definition) is 3. The van der Waals surface area contributed by atoms with Crippen LogP contribution in [0.25, 0.3) is 0 Å². The molecule has 1 aromatic carbocycles. The second-order valence-electron chi connectivity index (χ2n) is 4.45. The normalized spacial score (nSPS) is 12.0. The monoisotopic (exact) mass is 311 g/mol. The fraction of sp³-hybridized carbons (Fsp3) is 0.200. The number of allylic oxidation sites excluding steroid dienone is 1. The number of hydrogen-bond donors (Lipinski definition) is 1. The van der Waals surface area contributed by atoms with Crippen LogP contribution in [0.3, 0.4) is 0 Å². The number of alkyl halides is 3. The molecule has 0 heterocycles. The lowest BCUT2D eigenvalue weighted by molar-refractivity contribution is -0.137. The van der Waals surface area contributed by atoms with Gasteiger partial charge in [0.25, 0.3) is 0 Å². The Balaban J connectivity index is 2.90. The minimum absolute atomic E-state index is 0.0712. The van der Waals surface area contributed by atoms with Crippen LogP contribution in [0.1, 0.15) is 22.8 Å². The van der Waals surface area contributed by atoms with Gasteiger partial charge in [-0.2, -0.15) is 13.2 Å². The van der Waals surface area contributed by atoms with Gasteiger partial charge in [0.05, 0.1) is 12.1 Å². The zero-order chi connectivity index (χ0) is 16.9. The lowest BCUT2D eigenvalue weighted by atomic mass is 10.1. The SMILES string of the molecule is C=CCN(N)C(C)=NC(=C)C(=O)c1ccc(C(F)(F)F)cc1. The number of halogens is 3. The molecule has 118 valence electrons. The van der Waals surface area contributed by atoms with E-state index in [0.717, 1.165) is 24.3 Å². The summed E-state index contributed by atoms with van der Waals surface area (Å²) >= 11 is 0. The van der Waals surface area contributed by atoms with Gasteiger partial charge in [0, 0.05) is 5.56 Å². The molecular weight excluding hydrogens is 295 g/mol. The molecule has 0 aliphatic carbocycles. The number of hydrazine groups is 1. The maximum Gasteiger partial charge on any atom is 0.416 e. The minimum atomic E-state index is -4.45. The molecule has 0 aliphatic heterocycles.